The fraction of sp³-hybridized carbons (Fsp3) is 0.415. The van der Waals surface area contributed by atoms with Gasteiger partial charge in [0, 0.05) is 60.6 Å². The van der Waals surface area contributed by atoms with E-state index in [0.717, 1.165) is 79.6 Å². The fourth-order valence-electron chi connectivity index (χ4n) is 8.31. The number of hydroxylamine groups is 2. The van der Waals surface area contributed by atoms with Gasteiger partial charge in [-0.2, -0.15) is 0 Å². The Balaban J connectivity index is 1.21. The minimum Gasteiger partial charge on any atom is -0.545 e. The van der Waals surface area contributed by atoms with Crippen molar-refractivity contribution in [2.24, 2.45) is 0 Å². The second-order valence-electron chi connectivity index (χ2n) is 14.5. The lowest BCUT2D eigenvalue weighted by Gasteiger charge is -2.39. The smallest absolute Gasteiger partial charge is 0.333 e. The number of amides is 1. The number of carboxylic acid groups (broad SMARTS) is 1. The van der Waals surface area contributed by atoms with Gasteiger partial charge in [-0.25, -0.2) is 9.37 Å². The van der Waals surface area contributed by atoms with Crippen LogP contribution in [-0.4, -0.2) is 49.6 Å². The van der Waals surface area contributed by atoms with Crippen LogP contribution in [0.1, 0.15) is 109 Å². The Hall–Kier alpha value is -4.72. The van der Waals surface area contributed by atoms with Crippen LogP contribution in [0.3, 0.4) is 0 Å². The molecule has 1 amide bonds. The number of allylic oxidation sites excluding steroid dienone is 1. The molecule has 7 rings (SSSR count). The summed E-state index contributed by atoms with van der Waals surface area (Å²) in [4.78, 5) is 44.5. The van der Waals surface area contributed by atoms with Crippen LogP contribution >= 0.6 is 0 Å². The average molecular weight is 660 g/mol. The predicted molar refractivity (Wildman–Crippen MR) is 187 cm³/mol. The zero-order chi connectivity index (χ0) is 34.4. The number of aryl methyl sites for hydroxylation is 2. The highest BCUT2D eigenvalue weighted by molar-refractivity contribution is 5.97. The molecule has 0 N–H and O–H groups in total. The summed E-state index contributed by atoms with van der Waals surface area (Å²) in [5.41, 5.74) is 9.46. The van der Waals surface area contributed by atoms with Crippen molar-refractivity contribution in [3.8, 4) is 0 Å². The molecule has 0 atom stereocenters. The molecular weight excluding hydrogens is 614 g/mol. The molecule has 0 bridgehead atoms. The second kappa shape index (κ2) is 13.0. The van der Waals surface area contributed by atoms with E-state index in [1.165, 1.54) is 33.3 Å². The number of unbranched alkanes of at least 4 members (excludes halogenated alkanes) is 2. The summed E-state index contributed by atoms with van der Waals surface area (Å²) in [7, 11) is 2.16. The highest BCUT2D eigenvalue weighted by Crippen LogP contribution is 2.44. The normalized spacial score (nSPS) is 17.8. The number of carboxylic acids is 1. The highest BCUT2D eigenvalue weighted by atomic mass is 16.7. The molecule has 1 saturated heterocycles. The van der Waals surface area contributed by atoms with E-state index in [4.69, 9.17) is 4.84 Å². The minimum absolute atomic E-state index is 0.212. The van der Waals surface area contributed by atoms with Crippen LogP contribution in [0.2, 0.25) is 0 Å². The Kier molecular flexibility index (Phi) is 8.67. The number of nitrogens with zero attached hydrogens (tertiary/aromatic N) is 3. The number of rotatable bonds is 9. The van der Waals surface area contributed by atoms with Crippen molar-refractivity contribution < 1.29 is 24.3 Å². The number of anilines is 1. The lowest BCUT2D eigenvalue weighted by Crippen LogP contribution is -2.42. The monoisotopic (exact) mass is 659 g/mol. The number of carbonyl (C=O) groups is 3. The van der Waals surface area contributed by atoms with Gasteiger partial charge in [0.15, 0.2) is 0 Å². The largest absolute Gasteiger partial charge is 0.545 e. The first-order valence-electron chi connectivity index (χ1n) is 17.8. The first-order valence-corrected chi connectivity index (χ1v) is 17.8. The van der Waals surface area contributed by atoms with Crippen molar-refractivity contribution in [2.75, 3.05) is 31.6 Å². The quantitative estimate of drug-likeness (QED) is 0.256. The molecule has 0 spiro atoms. The molecule has 3 aliphatic heterocycles. The lowest BCUT2D eigenvalue weighted by atomic mass is 9.67. The van der Waals surface area contributed by atoms with E-state index in [-0.39, 0.29) is 23.3 Å². The van der Waals surface area contributed by atoms with Crippen molar-refractivity contribution in [1.82, 2.24) is 9.64 Å². The SMILES string of the molecule is C=C1CCC(=O)N1OC(=O)CCCCCN1CCCc2cc3c(cc21)C(C)(C)c1cc2c(cc1=C3c1ccccc1C(=O)[O-])CCC[N+]=2C. The summed E-state index contributed by atoms with van der Waals surface area (Å²) in [6, 6.07) is 16.7. The minimum atomic E-state index is -1.17. The molecule has 0 radical (unpaired) electrons. The van der Waals surface area contributed by atoms with E-state index in [1.54, 1.807) is 12.1 Å². The summed E-state index contributed by atoms with van der Waals surface area (Å²) >= 11 is 0. The van der Waals surface area contributed by atoms with Gasteiger partial charge in [0.05, 0.1) is 11.7 Å². The molecule has 3 heterocycles. The van der Waals surface area contributed by atoms with Gasteiger partial charge in [0.25, 0.3) is 5.91 Å². The van der Waals surface area contributed by atoms with Crippen LogP contribution in [0.25, 0.3) is 5.57 Å². The maximum atomic E-state index is 12.5. The van der Waals surface area contributed by atoms with Gasteiger partial charge < -0.3 is 19.6 Å². The molecule has 0 aromatic heterocycles. The van der Waals surface area contributed by atoms with Crippen LogP contribution in [0, 0.1) is 0 Å². The van der Waals surface area contributed by atoms with Crippen molar-refractivity contribution in [3.05, 3.63) is 110 Å². The summed E-state index contributed by atoms with van der Waals surface area (Å²) in [6.07, 6.45) is 7.72. The molecule has 4 aliphatic rings. The molecule has 3 aromatic carbocycles. The third-order valence-electron chi connectivity index (χ3n) is 10.9. The number of hydrogen-bond acceptors (Lipinski definition) is 6. The topological polar surface area (TPSA) is 93.0 Å². The number of carbonyl (C=O) groups excluding carboxylic acids is 3. The standard InChI is InChI=1S/C41H45N3O5/c1-26-17-18-37(45)44(26)49-38(46)16-6-5-9-20-43-21-11-13-28-23-32-34(25-36(28)43)41(2,3)33-24-35-27(12-10-19-42(35)4)22-31(33)39(32)29-14-7-8-15-30(29)40(47)48/h7-8,14-15,22-25H,1,5-6,9-13,16-21H2,2-4H3. The number of hydrogen-bond donors (Lipinski definition) is 0. The lowest BCUT2D eigenvalue weighted by molar-refractivity contribution is -0.255. The third-order valence-corrected chi connectivity index (χ3v) is 10.9. The van der Waals surface area contributed by atoms with Crippen molar-refractivity contribution >= 4 is 29.1 Å². The summed E-state index contributed by atoms with van der Waals surface area (Å²) < 4.78 is 2.34. The average Bonchev–Trinajstić information content (AvgIpc) is 3.39. The second-order valence-corrected chi connectivity index (χ2v) is 14.5. The van der Waals surface area contributed by atoms with Crippen LogP contribution in [0.4, 0.5) is 5.69 Å². The third kappa shape index (κ3) is 5.96. The van der Waals surface area contributed by atoms with E-state index in [9.17, 15) is 19.5 Å². The highest BCUT2D eigenvalue weighted by Gasteiger charge is 2.37. The van der Waals surface area contributed by atoms with E-state index in [1.807, 2.05) is 12.1 Å². The molecule has 0 unspecified atom stereocenters. The summed E-state index contributed by atoms with van der Waals surface area (Å²) in [5.74, 6) is -1.77. The van der Waals surface area contributed by atoms with Crippen molar-refractivity contribution in [3.63, 3.8) is 0 Å². The Bertz CT molecular complexity index is 2010. The van der Waals surface area contributed by atoms with Crippen LogP contribution in [-0.2, 0) is 32.7 Å². The first kappa shape index (κ1) is 32.8. The molecule has 1 fully saturated rings. The van der Waals surface area contributed by atoms with Gasteiger partial charge in [-0.1, -0.05) is 51.1 Å². The van der Waals surface area contributed by atoms with E-state index < -0.39 is 11.9 Å². The van der Waals surface area contributed by atoms with Gasteiger partial charge in [-0.3, -0.25) is 4.79 Å². The zero-order valence-corrected chi connectivity index (χ0v) is 28.9. The first-order chi connectivity index (χ1) is 23.5. The van der Waals surface area contributed by atoms with Crippen molar-refractivity contribution in [1.29, 1.82) is 0 Å². The van der Waals surface area contributed by atoms with Crippen LogP contribution < -0.4 is 25.2 Å². The van der Waals surface area contributed by atoms with Crippen molar-refractivity contribution in [2.45, 2.75) is 83.5 Å². The predicted octanol–water partition coefficient (Wildman–Crippen LogP) is 3.91. The number of fused-ring (bicyclic) bond motifs is 4. The maximum absolute atomic E-state index is 12.5. The molecule has 0 saturated carbocycles. The number of benzene rings is 3. The van der Waals surface area contributed by atoms with Gasteiger partial charge in [-0.15, -0.1) is 5.06 Å². The molecule has 8 heteroatoms. The zero-order valence-electron chi connectivity index (χ0n) is 28.9. The van der Waals surface area contributed by atoms with Gasteiger partial charge >= 0.3 is 5.97 Å². The van der Waals surface area contributed by atoms with Crippen LogP contribution in [0.5, 0.6) is 0 Å². The van der Waals surface area contributed by atoms with E-state index in [2.05, 4.69) is 61.2 Å². The molecule has 49 heavy (non-hydrogen) atoms. The van der Waals surface area contributed by atoms with E-state index in [0.29, 0.717) is 30.5 Å². The van der Waals surface area contributed by atoms with Gasteiger partial charge in [0.2, 0.25) is 5.36 Å². The van der Waals surface area contributed by atoms with Crippen LogP contribution in [0.15, 0.2) is 60.8 Å². The Morgan fingerprint density at radius 2 is 1.73 bits per heavy atom. The molecule has 254 valence electrons. The maximum Gasteiger partial charge on any atom is 0.333 e. The molecule has 8 nitrogen and oxygen atoms in total. The fourth-order valence-corrected chi connectivity index (χ4v) is 8.31. The number of aromatic carboxylic acids is 1. The summed E-state index contributed by atoms with van der Waals surface area (Å²) in [6.45, 7) is 11.3. The van der Waals surface area contributed by atoms with Gasteiger partial charge in [0.1, 0.15) is 13.6 Å². The van der Waals surface area contributed by atoms with E-state index >= 15 is 0 Å². The Morgan fingerprint density at radius 3 is 2.51 bits per heavy atom. The summed E-state index contributed by atoms with van der Waals surface area (Å²) in [5, 5.41) is 15.9. The Labute approximate surface area is 288 Å². The molecular formula is C41H45N3O5. The van der Waals surface area contributed by atoms with Gasteiger partial charge in [-0.05, 0) is 95.3 Å². The molecule has 3 aromatic rings. The Morgan fingerprint density at radius 1 is 0.939 bits per heavy atom. The molecule has 1 aliphatic carbocycles.